The summed E-state index contributed by atoms with van der Waals surface area (Å²) in [6, 6.07) is 5.57. The van der Waals surface area contributed by atoms with E-state index in [4.69, 9.17) is 14.2 Å². The minimum absolute atomic E-state index is 0.0862. The van der Waals surface area contributed by atoms with Crippen molar-refractivity contribution in [2.45, 2.75) is 32.5 Å². The molecule has 0 radical (unpaired) electrons. The molecule has 0 aromatic heterocycles. The molecule has 1 heterocycles. The Bertz CT molecular complexity index is 493. The molecule has 1 amide bonds. The van der Waals surface area contributed by atoms with E-state index in [0.717, 1.165) is 5.56 Å². The minimum atomic E-state index is 0.0862. The fourth-order valence-electron chi connectivity index (χ4n) is 2.66. The van der Waals surface area contributed by atoms with Gasteiger partial charge in [0.15, 0.2) is 11.5 Å². The SMILES string of the molecule is COc1ccc(CC(=O)N2CC(C)OC(C)C2)cc1OC. The Morgan fingerprint density at radius 1 is 1.19 bits per heavy atom. The molecule has 116 valence electrons. The average molecular weight is 293 g/mol. The number of benzene rings is 1. The summed E-state index contributed by atoms with van der Waals surface area (Å²) in [5, 5.41) is 0. The summed E-state index contributed by atoms with van der Waals surface area (Å²) in [4.78, 5) is 14.3. The number of hydrogen-bond acceptors (Lipinski definition) is 4. The summed E-state index contributed by atoms with van der Waals surface area (Å²) >= 11 is 0. The highest BCUT2D eigenvalue weighted by atomic mass is 16.5. The standard InChI is InChI=1S/C16H23NO4/c1-11-9-17(10-12(2)21-11)16(18)8-13-5-6-14(19-3)15(7-13)20-4/h5-7,11-12H,8-10H2,1-4H3. The monoisotopic (exact) mass is 293 g/mol. The molecular weight excluding hydrogens is 270 g/mol. The van der Waals surface area contributed by atoms with E-state index in [0.29, 0.717) is 31.0 Å². The third kappa shape index (κ3) is 3.88. The van der Waals surface area contributed by atoms with Crippen LogP contribution < -0.4 is 9.47 Å². The molecule has 0 spiro atoms. The van der Waals surface area contributed by atoms with Gasteiger partial charge in [0.1, 0.15) is 0 Å². The van der Waals surface area contributed by atoms with Gasteiger partial charge in [-0.3, -0.25) is 4.79 Å². The van der Waals surface area contributed by atoms with Crippen molar-refractivity contribution >= 4 is 5.91 Å². The van der Waals surface area contributed by atoms with Crippen molar-refractivity contribution in [3.63, 3.8) is 0 Å². The van der Waals surface area contributed by atoms with Gasteiger partial charge in [-0.15, -0.1) is 0 Å². The van der Waals surface area contributed by atoms with Crippen molar-refractivity contribution in [3.8, 4) is 11.5 Å². The Hall–Kier alpha value is -1.75. The second kappa shape index (κ2) is 6.80. The van der Waals surface area contributed by atoms with Gasteiger partial charge in [-0.1, -0.05) is 6.07 Å². The minimum Gasteiger partial charge on any atom is -0.493 e. The quantitative estimate of drug-likeness (QED) is 0.850. The molecule has 2 rings (SSSR count). The molecule has 0 N–H and O–H groups in total. The van der Waals surface area contributed by atoms with Crippen molar-refractivity contribution in [2.75, 3.05) is 27.3 Å². The van der Waals surface area contributed by atoms with Crippen molar-refractivity contribution in [1.29, 1.82) is 0 Å². The zero-order valence-corrected chi connectivity index (χ0v) is 13.1. The third-order valence-corrected chi connectivity index (χ3v) is 3.58. The van der Waals surface area contributed by atoms with Crippen molar-refractivity contribution < 1.29 is 19.0 Å². The predicted molar refractivity (Wildman–Crippen MR) is 79.8 cm³/mol. The smallest absolute Gasteiger partial charge is 0.227 e. The van der Waals surface area contributed by atoms with Gasteiger partial charge in [-0.2, -0.15) is 0 Å². The van der Waals surface area contributed by atoms with Gasteiger partial charge in [-0.05, 0) is 31.5 Å². The molecule has 5 heteroatoms. The Balaban J connectivity index is 2.05. The molecular formula is C16H23NO4. The van der Waals surface area contributed by atoms with Crippen LogP contribution in [0.1, 0.15) is 19.4 Å². The number of nitrogens with zero attached hydrogens (tertiary/aromatic N) is 1. The lowest BCUT2D eigenvalue weighted by atomic mass is 10.1. The summed E-state index contributed by atoms with van der Waals surface area (Å²) in [5.74, 6) is 1.43. The lowest BCUT2D eigenvalue weighted by Gasteiger charge is -2.35. The van der Waals surface area contributed by atoms with Crippen LogP contribution in [-0.2, 0) is 16.0 Å². The molecule has 1 aliphatic rings. The number of morpholine rings is 1. The van der Waals surface area contributed by atoms with Crippen LogP contribution >= 0.6 is 0 Å². The Kier molecular flexibility index (Phi) is 5.07. The molecule has 21 heavy (non-hydrogen) atoms. The van der Waals surface area contributed by atoms with Crippen LogP contribution in [0.15, 0.2) is 18.2 Å². The molecule has 1 saturated heterocycles. The van der Waals surface area contributed by atoms with Gasteiger partial charge in [0.2, 0.25) is 5.91 Å². The van der Waals surface area contributed by atoms with E-state index in [-0.39, 0.29) is 18.1 Å². The predicted octanol–water partition coefficient (Wildman–Crippen LogP) is 1.88. The van der Waals surface area contributed by atoms with Crippen molar-refractivity contribution in [2.24, 2.45) is 0 Å². The molecule has 1 fully saturated rings. The first kappa shape index (κ1) is 15.6. The Labute approximate surface area is 125 Å². The molecule has 1 aromatic carbocycles. The topological polar surface area (TPSA) is 48.0 Å². The van der Waals surface area contributed by atoms with Gasteiger partial charge in [-0.25, -0.2) is 0 Å². The lowest BCUT2D eigenvalue weighted by molar-refractivity contribution is -0.142. The van der Waals surface area contributed by atoms with Crippen LogP contribution in [0.25, 0.3) is 0 Å². The number of carbonyl (C=O) groups is 1. The number of carbonyl (C=O) groups excluding carboxylic acids is 1. The third-order valence-electron chi connectivity index (χ3n) is 3.58. The van der Waals surface area contributed by atoms with Crippen LogP contribution in [0, 0.1) is 0 Å². The van der Waals surface area contributed by atoms with Crippen LogP contribution in [-0.4, -0.2) is 50.3 Å². The van der Waals surface area contributed by atoms with Gasteiger partial charge < -0.3 is 19.1 Å². The van der Waals surface area contributed by atoms with Crippen LogP contribution in [0.5, 0.6) is 11.5 Å². The highest BCUT2D eigenvalue weighted by Crippen LogP contribution is 2.28. The van der Waals surface area contributed by atoms with E-state index < -0.39 is 0 Å². The normalized spacial score (nSPS) is 22.0. The number of rotatable bonds is 4. The van der Waals surface area contributed by atoms with Crippen molar-refractivity contribution in [3.05, 3.63) is 23.8 Å². The summed E-state index contributed by atoms with van der Waals surface area (Å²) in [7, 11) is 3.19. The fourth-order valence-corrected chi connectivity index (χ4v) is 2.66. The number of hydrogen-bond donors (Lipinski definition) is 0. The van der Waals surface area contributed by atoms with Gasteiger partial charge in [0, 0.05) is 13.1 Å². The maximum Gasteiger partial charge on any atom is 0.227 e. The van der Waals surface area contributed by atoms with Gasteiger partial charge >= 0.3 is 0 Å². The maximum atomic E-state index is 12.4. The average Bonchev–Trinajstić information content (AvgIpc) is 2.46. The molecule has 1 aromatic rings. The van der Waals surface area contributed by atoms with E-state index in [1.54, 1.807) is 14.2 Å². The molecule has 1 aliphatic heterocycles. The summed E-state index contributed by atoms with van der Waals surface area (Å²) in [6.45, 7) is 5.28. The molecule has 0 aliphatic carbocycles. The number of ether oxygens (including phenoxy) is 3. The highest BCUT2D eigenvalue weighted by molar-refractivity contribution is 5.79. The van der Waals surface area contributed by atoms with Gasteiger partial charge in [0.05, 0.1) is 32.8 Å². The highest BCUT2D eigenvalue weighted by Gasteiger charge is 2.25. The molecule has 2 atom stereocenters. The molecule has 5 nitrogen and oxygen atoms in total. The van der Waals surface area contributed by atoms with E-state index in [1.807, 2.05) is 36.9 Å². The second-order valence-corrected chi connectivity index (χ2v) is 5.42. The largest absolute Gasteiger partial charge is 0.493 e. The first-order valence-electron chi connectivity index (χ1n) is 7.17. The van der Waals surface area contributed by atoms with Gasteiger partial charge in [0.25, 0.3) is 0 Å². The molecule has 2 unspecified atom stereocenters. The summed E-state index contributed by atoms with van der Waals surface area (Å²) in [6.07, 6.45) is 0.533. The summed E-state index contributed by atoms with van der Waals surface area (Å²) < 4.78 is 16.1. The molecule has 0 saturated carbocycles. The van der Waals surface area contributed by atoms with Crippen LogP contribution in [0.2, 0.25) is 0 Å². The fraction of sp³-hybridized carbons (Fsp3) is 0.562. The van der Waals surface area contributed by atoms with E-state index in [1.165, 1.54) is 0 Å². The number of amides is 1. The zero-order chi connectivity index (χ0) is 15.4. The number of methoxy groups -OCH3 is 2. The first-order valence-corrected chi connectivity index (χ1v) is 7.17. The maximum absolute atomic E-state index is 12.4. The zero-order valence-electron chi connectivity index (χ0n) is 13.1. The van der Waals surface area contributed by atoms with E-state index in [9.17, 15) is 4.79 Å². The lowest BCUT2D eigenvalue weighted by Crippen LogP contribution is -2.48. The van der Waals surface area contributed by atoms with Crippen LogP contribution in [0.4, 0.5) is 0 Å². The molecule has 0 bridgehead atoms. The van der Waals surface area contributed by atoms with Crippen molar-refractivity contribution in [1.82, 2.24) is 4.90 Å². The Morgan fingerprint density at radius 3 is 2.38 bits per heavy atom. The van der Waals surface area contributed by atoms with E-state index >= 15 is 0 Å². The van der Waals surface area contributed by atoms with E-state index in [2.05, 4.69) is 0 Å². The second-order valence-electron chi connectivity index (χ2n) is 5.42. The Morgan fingerprint density at radius 2 is 1.81 bits per heavy atom. The van der Waals surface area contributed by atoms with Crippen LogP contribution in [0.3, 0.4) is 0 Å². The first-order chi connectivity index (χ1) is 10.0. The summed E-state index contributed by atoms with van der Waals surface area (Å²) in [5.41, 5.74) is 0.921.